The van der Waals surface area contributed by atoms with Gasteiger partial charge >= 0.3 is 0 Å². The van der Waals surface area contributed by atoms with Gasteiger partial charge in [-0.05, 0) is 26.0 Å². The predicted octanol–water partition coefficient (Wildman–Crippen LogP) is 1.87. The Hall–Kier alpha value is -1.49. The number of rotatable bonds is 2. The van der Waals surface area contributed by atoms with Gasteiger partial charge in [0.25, 0.3) is 0 Å². The molecule has 12 heavy (non-hydrogen) atoms. The second-order valence-electron chi connectivity index (χ2n) is 2.94. The van der Waals surface area contributed by atoms with Crippen LogP contribution in [0.25, 0.3) is 0 Å². The molecule has 1 heterocycles. The van der Waals surface area contributed by atoms with E-state index in [9.17, 15) is 0 Å². The molecule has 1 rings (SSSR count). The zero-order chi connectivity index (χ0) is 9.03. The molecule has 0 saturated heterocycles. The molecule has 0 aliphatic rings. The maximum Gasteiger partial charge on any atom is 0.163 e. The highest BCUT2D eigenvalue weighted by Gasteiger charge is 2.14. The summed E-state index contributed by atoms with van der Waals surface area (Å²) in [4.78, 5) is 3.87. The summed E-state index contributed by atoms with van der Waals surface area (Å²) in [6.07, 6.45) is 8.60. The summed E-state index contributed by atoms with van der Waals surface area (Å²) in [7, 11) is 0. The molecule has 0 unspecified atom stereocenters. The lowest BCUT2D eigenvalue weighted by Gasteiger charge is -2.19. The fraction of sp³-hybridized carbons (Fsp3) is 0.300. The molecule has 2 heteroatoms. The molecule has 0 aromatic carbocycles. The Morgan fingerprint density at radius 1 is 1.42 bits per heavy atom. The van der Waals surface area contributed by atoms with Gasteiger partial charge in [-0.3, -0.25) is 4.98 Å². The Morgan fingerprint density at radius 3 is 2.50 bits per heavy atom. The van der Waals surface area contributed by atoms with Crippen molar-refractivity contribution in [2.45, 2.75) is 19.4 Å². The lowest BCUT2D eigenvalue weighted by molar-refractivity contribution is 0.172. The summed E-state index contributed by atoms with van der Waals surface area (Å²) in [6.45, 7) is 3.68. The SMILES string of the molecule is C#CC(C)(C)Oc1ccncc1. The largest absolute Gasteiger partial charge is 0.475 e. The first kappa shape index (κ1) is 8.61. The van der Waals surface area contributed by atoms with Gasteiger partial charge in [0, 0.05) is 12.4 Å². The number of hydrogen-bond donors (Lipinski definition) is 0. The van der Waals surface area contributed by atoms with Crippen LogP contribution in [-0.4, -0.2) is 10.6 Å². The molecule has 0 radical (unpaired) electrons. The van der Waals surface area contributed by atoms with Crippen LogP contribution in [0.5, 0.6) is 5.75 Å². The fourth-order valence-electron chi connectivity index (χ4n) is 0.730. The number of ether oxygens (including phenoxy) is 1. The van der Waals surface area contributed by atoms with E-state index >= 15 is 0 Å². The van der Waals surface area contributed by atoms with Crippen molar-refractivity contribution in [2.75, 3.05) is 0 Å². The van der Waals surface area contributed by atoms with Crippen LogP contribution >= 0.6 is 0 Å². The van der Waals surface area contributed by atoms with E-state index in [-0.39, 0.29) is 0 Å². The molecule has 0 spiro atoms. The van der Waals surface area contributed by atoms with Crippen LogP contribution < -0.4 is 4.74 Å². The monoisotopic (exact) mass is 161 g/mol. The Balaban J connectivity index is 2.72. The number of aromatic nitrogens is 1. The molecule has 0 aliphatic carbocycles. The Bertz CT molecular complexity index is 284. The topological polar surface area (TPSA) is 22.1 Å². The maximum atomic E-state index is 5.47. The van der Waals surface area contributed by atoms with E-state index in [1.807, 2.05) is 13.8 Å². The third-order valence-electron chi connectivity index (χ3n) is 1.37. The number of terminal acetylenes is 1. The van der Waals surface area contributed by atoms with Crippen LogP contribution in [0.1, 0.15) is 13.8 Å². The Morgan fingerprint density at radius 2 is 2.00 bits per heavy atom. The third kappa shape index (κ3) is 2.28. The molecular formula is C10H11NO. The minimum absolute atomic E-state index is 0.554. The van der Waals surface area contributed by atoms with Crippen molar-refractivity contribution in [3.63, 3.8) is 0 Å². The van der Waals surface area contributed by atoms with E-state index in [4.69, 9.17) is 11.2 Å². The molecule has 0 amide bonds. The zero-order valence-electron chi connectivity index (χ0n) is 7.24. The minimum Gasteiger partial charge on any atom is -0.475 e. The number of nitrogens with zero attached hydrogens (tertiary/aromatic N) is 1. The lowest BCUT2D eigenvalue weighted by Crippen LogP contribution is -2.25. The van der Waals surface area contributed by atoms with E-state index in [1.165, 1.54) is 0 Å². The Labute approximate surface area is 72.6 Å². The molecule has 0 aliphatic heterocycles. The van der Waals surface area contributed by atoms with Crippen molar-refractivity contribution in [3.8, 4) is 18.1 Å². The standard InChI is InChI=1S/C10H11NO/c1-4-10(2,3)12-9-5-7-11-8-6-9/h1,5-8H,2-3H3. The van der Waals surface area contributed by atoms with Gasteiger partial charge in [-0.2, -0.15) is 0 Å². The first-order valence-electron chi connectivity index (χ1n) is 3.71. The van der Waals surface area contributed by atoms with Gasteiger partial charge in [0.05, 0.1) is 0 Å². The fourth-order valence-corrected chi connectivity index (χ4v) is 0.730. The zero-order valence-corrected chi connectivity index (χ0v) is 7.24. The molecular weight excluding hydrogens is 150 g/mol. The van der Waals surface area contributed by atoms with Crippen LogP contribution in [0.15, 0.2) is 24.5 Å². The predicted molar refractivity (Wildman–Crippen MR) is 47.8 cm³/mol. The summed E-state index contributed by atoms with van der Waals surface area (Å²) in [5, 5.41) is 0. The summed E-state index contributed by atoms with van der Waals surface area (Å²) < 4.78 is 5.47. The van der Waals surface area contributed by atoms with Gasteiger partial charge in [-0.15, -0.1) is 6.42 Å². The van der Waals surface area contributed by atoms with E-state index in [1.54, 1.807) is 24.5 Å². The smallest absolute Gasteiger partial charge is 0.163 e. The van der Waals surface area contributed by atoms with Gasteiger partial charge in [0.1, 0.15) is 5.75 Å². The van der Waals surface area contributed by atoms with Crippen molar-refractivity contribution in [2.24, 2.45) is 0 Å². The summed E-state index contributed by atoms with van der Waals surface area (Å²) in [5.74, 6) is 3.29. The first-order valence-corrected chi connectivity index (χ1v) is 3.71. The van der Waals surface area contributed by atoms with Crippen molar-refractivity contribution >= 4 is 0 Å². The van der Waals surface area contributed by atoms with Crippen LogP contribution in [0.2, 0.25) is 0 Å². The molecule has 0 fully saturated rings. The highest BCUT2D eigenvalue weighted by Crippen LogP contribution is 2.15. The molecule has 0 atom stereocenters. The van der Waals surface area contributed by atoms with E-state index < -0.39 is 5.60 Å². The number of pyridine rings is 1. The van der Waals surface area contributed by atoms with E-state index in [0.29, 0.717) is 0 Å². The first-order chi connectivity index (χ1) is 5.64. The van der Waals surface area contributed by atoms with Gasteiger partial charge in [-0.25, -0.2) is 0 Å². The molecule has 0 saturated carbocycles. The second kappa shape index (κ2) is 3.27. The lowest BCUT2D eigenvalue weighted by atomic mass is 10.1. The second-order valence-corrected chi connectivity index (χ2v) is 2.94. The van der Waals surface area contributed by atoms with Crippen LogP contribution in [0, 0.1) is 12.3 Å². The van der Waals surface area contributed by atoms with Crippen molar-refractivity contribution in [3.05, 3.63) is 24.5 Å². The van der Waals surface area contributed by atoms with Crippen molar-refractivity contribution in [1.29, 1.82) is 0 Å². The minimum atomic E-state index is -0.554. The van der Waals surface area contributed by atoms with Crippen LogP contribution in [0.3, 0.4) is 0 Å². The maximum absolute atomic E-state index is 5.47. The van der Waals surface area contributed by atoms with Crippen molar-refractivity contribution in [1.82, 2.24) is 4.98 Å². The van der Waals surface area contributed by atoms with Crippen molar-refractivity contribution < 1.29 is 4.74 Å². The van der Waals surface area contributed by atoms with E-state index in [2.05, 4.69) is 10.9 Å². The summed E-state index contributed by atoms with van der Waals surface area (Å²) in [6, 6.07) is 3.55. The normalized spacial score (nSPS) is 10.4. The van der Waals surface area contributed by atoms with Gasteiger partial charge < -0.3 is 4.74 Å². The Kier molecular flexibility index (Phi) is 2.35. The molecule has 1 aromatic rings. The van der Waals surface area contributed by atoms with Gasteiger partial charge in [-0.1, -0.05) is 5.92 Å². The molecule has 0 N–H and O–H groups in total. The number of hydrogen-bond acceptors (Lipinski definition) is 2. The summed E-state index contributed by atoms with van der Waals surface area (Å²) >= 11 is 0. The average Bonchev–Trinajstić information content (AvgIpc) is 2.06. The van der Waals surface area contributed by atoms with Crippen LogP contribution in [0.4, 0.5) is 0 Å². The van der Waals surface area contributed by atoms with Crippen LogP contribution in [-0.2, 0) is 0 Å². The molecule has 2 nitrogen and oxygen atoms in total. The van der Waals surface area contributed by atoms with E-state index in [0.717, 1.165) is 5.75 Å². The quantitative estimate of drug-likeness (QED) is 0.618. The van der Waals surface area contributed by atoms with Gasteiger partial charge in [0.15, 0.2) is 5.60 Å². The molecule has 62 valence electrons. The highest BCUT2D eigenvalue weighted by molar-refractivity contribution is 5.20. The van der Waals surface area contributed by atoms with Gasteiger partial charge in [0.2, 0.25) is 0 Å². The highest BCUT2D eigenvalue weighted by atomic mass is 16.5. The molecule has 1 aromatic heterocycles. The average molecular weight is 161 g/mol. The summed E-state index contributed by atoms with van der Waals surface area (Å²) in [5.41, 5.74) is -0.554. The molecule has 0 bridgehead atoms. The third-order valence-corrected chi connectivity index (χ3v) is 1.37.